The summed E-state index contributed by atoms with van der Waals surface area (Å²) in [5.41, 5.74) is 5.98. The van der Waals surface area contributed by atoms with Crippen molar-refractivity contribution in [1.82, 2.24) is 19.9 Å². The Balaban J connectivity index is 1.36. The molecule has 5 rings (SSSR count). The zero-order valence-corrected chi connectivity index (χ0v) is 16.2. The fourth-order valence-corrected chi connectivity index (χ4v) is 4.28. The molecule has 1 atom stereocenters. The fourth-order valence-electron chi connectivity index (χ4n) is 4.28. The van der Waals surface area contributed by atoms with Crippen LogP contribution >= 0.6 is 0 Å². The number of hydrogen-bond donors (Lipinski definition) is 0. The van der Waals surface area contributed by atoms with E-state index in [4.69, 9.17) is 9.72 Å². The van der Waals surface area contributed by atoms with Crippen LogP contribution in [0.15, 0.2) is 42.7 Å². The Morgan fingerprint density at radius 3 is 2.83 bits per heavy atom. The van der Waals surface area contributed by atoms with Gasteiger partial charge in [-0.2, -0.15) is 0 Å². The molecule has 3 aromatic rings. The van der Waals surface area contributed by atoms with Gasteiger partial charge in [0.05, 0.1) is 36.0 Å². The number of pyridine rings is 3. The summed E-state index contributed by atoms with van der Waals surface area (Å²) in [5.74, 6) is 0. The largest absolute Gasteiger partial charge is 0.378 e. The Morgan fingerprint density at radius 1 is 1.07 bits per heavy atom. The van der Waals surface area contributed by atoms with Crippen LogP contribution in [0.4, 0.5) is 5.69 Å². The van der Waals surface area contributed by atoms with E-state index >= 15 is 0 Å². The number of morpholine rings is 1. The number of hydrogen-bond acceptors (Lipinski definition) is 7. The summed E-state index contributed by atoms with van der Waals surface area (Å²) in [7, 11) is 0. The van der Waals surface area contributed by atoms with Crippen LogP contribution in [0.5, 0.6) is 0 Å². The van der Waals surface area contributed by atoms with E-state index < -0.39 is 0 Å². The first-order valence-corrected chi connectivity index (χ1v) is 10.0. The second-order valence-corrected chi connectivity index (χ2v) is 7.44. The molecule has 0 bridgehead atoms. The second kappa shape index (κ2) is 7.85. The third kappa shape index (κ3) is 3.47. The van der Waals surface area contributed by atoms with Gasteiger partial charge < -0.3 is 14.4 Å². The summed E-state index contributed by atoms with van der Waals surface area (Å²) in [4.78, 5) is 30.2. The topological polar surface area (TPSA) is 71.5 Å². The molecule has 2 aliphatic rings. The summed E-state index contributed by atoms with van der Waals surface area (Å²) in [6.45, 7) is 4.56. The Bertz CT molecular complexity index is 1030. The molecule has 0 radical (unpaired) electrons. The van der Waals surface area contributed by atoms with Gasteiger partial charge in [-0.15, -0.1) is 0 Å². The number of anilines is 1. The minimum atomic E-state index is -0.265. The molecule has 0 spiro atoms. The molecule has 1 fully saturated rings. The SMILES string of the molecule is O=CC1c2c(N3CCOCC3)ccnc2CN1CCc1ccc2ncccc2n1. The zero-order valence-electron chi connectivity index (χ0n) is 16.2. The van der Waals surface area contributed by atoms with Crippen molar-refractivity contribution in [2.45, 2.75) is 19.0 Å². The van der Waals surface area contributed by atoms with Crippen molar-refractivity contribution >= 4 is 23.0 Å². The van der Waals surface area contributed by atoms with Gasteiger partial charge in [0.15, 0.2) is 0 Å². The Kier molecular flexibility index (Phi) is 4.91. The first kappa shape index (κ1) is 18.1. The lowest BCUT2D eigenvalue weighted by molar-refractivity contribution is -0.112. The molecule has 0 aromatic carbocycles. The van der Waals surface area contributed by atoms with Crippen molar-refractivity contribution in [1.29, 1.82) is 0 Å². The lowest BCUT2D eigenvalue weighted by Crippen LogP contribution is -2.37. The van der Waals surface area contributed by atoms with Crippen molar-refractivity contribution in [2.24, 2.45) is 0 Å². The molecule has 0 saturated carbocycles. The third-order valence-corrected chi connectivity index (χ3v) is 5.74. The van der Waals surface area contributed by atoms with Crippen LogP contribution in [-0.4, -0.2) is 59.0 Å². The number of aldehydes is 1. The van der Waals surface area contributed by atoms with E-state index in [1.807, 2.05) is 36.5 Å². The van der Waals surface area contributed by atoms with E-state index in [9.17, 15) is 4.79 Å². The Hall–Kier alpha value is -2.90. The van der Waals surface area contributed by atoms with Crippen molar-refractivity contribution < 1.29 is 9.53 Å². The minimum Gasteiger partial charge on any atom is -0.378 e. The molecule has 5 heterocycles. The highest BCUT2D eigenvalue weighted by Crippen LogP contribution is 2.38. The first-order valence-electron chi connectivity index (χ1n) is 10.0. The van der Waals surface area contributed by atoms with Gasteiger partial charge in [0.2, 0.25) is 0 Å². The lowest BCUT2D eigenvalue weighted by Gasteiger charge is -2.31. The second-order valence-electron chi connectivity index (χ2n) is 7.44. The van der Waals surface area contributed by atoms with Crippen molar-refractivity contribution in [3.63, 3.8) is 0 Å². The number of carbonyl (C=O) groups is 1. The molecule has 0 N–H and O–H groups in total. The average Bonchev–Trinajstić information content (AvgIpc) is 3.15. The maximum Gasteiger partial charge on any atom is 0.141 e. The number of ether oxygens (including phenoxy) is 1. The molecular weight excluding hydrogens is 366 g/mol. The molecule has 3 aromatic heterocycles. The van der Waals surface area contributed by atoms with Crippen molar-refractivity contribution in [3.8, 4) is 0 Å². The molecule has 0 aliphatic carbocycles. The highest BCUT2D eigenvalue weighted by atomic mass is 16.5. The van der Waals surface area contributed by atoms with Crippen LogP contribution < -0.4 is 4.90 Å². The zero-order chi connectivity index (χ0) is 19.6. The van der Waals surface area contributed by atoms with Crippen LogP contribution in [0.1, 0.15) is 23.0 Å². The number of rotatable bonds is 5. The number of fused-ring (bicyclic) bond motifs is 2. The maximum absolute atomic E-state index is 12.1. The fraction of sp³-hybridized carbons (Fsp3) is 0.364. The summed E-state index contributed by atoms with van der Waals surface area (Å²) < 4.78 is 5.48. The van der Waals surface area contributed by atoms with Crippen molar-refractivity contribution in [3.05, 3.63) is 59.7 Å². The van der Waals surface area contributed by atoms with E-state index in [-0.39, 0.29) is 6.04 Å². The van der Waals surface area contributed by atoms with Gasteiger partial charge in [-0.3, -0.25) is 19.9 Å². The predicted molar refractivity (Wildman–Crippen MR) is 110 cm³/mol. The lowest BCUT2D eigenvalue weighted by atomic mass is 10.1. The first-order chi connectivity index (χ1) is 14.3. The summed E-state index contributed by atoms with van der Waals surface area (Å²) in [5, 5.41) is 0. The molecule has 7 nitrogen and oxygen atoms in total. The van der Waals surface area contributed by atoms with E-state index in [0.29, 0.717) is 6.54 Å². The molecule has 1 unspecified atom stereocenters. The van der Waals surface area contributed by atoms with Crippen LogP contribution in [0.25, 0.3) is 11.0 Å². The van der Waals surface area contributed by atoms with Crippen LogP contribution in [0.2, 0.25) is 0 Å². The summed E-state index contributed by atoms with van der Waals surface area (Å²) in [6.07, 6.45) is 5.46. The summed E-state index contributed by atoms with van der Waals surface area (Å²) in [6, 6.07) is 9.67. The predicted octanol–water partition coefficient (Wildman–Crippen LogP) is 2.16. The van der Waals surface area contributed by atoms with Gasteiger partial charge in [0.1, 0.15) is 6.29 Å². The maximum atomic E-state index is 12.1. The molecule has 7 heteroatoms. The van der Waals surface area contributed by atoms with E-state index in [1.165, 1.54) is 0 Å². The quantitative estimate of drug-likeness (QED) is 0.619. The number of aromatic nitrogens is 3. The molecule has 0 amide bonds. The van der Waals surface area contributed by atoms with E-state index in [2.05, 4.69) is 19.8 Å². The Morgan fingerprint density at radius 2 is 1.97 bits per heavy atom. The van der Waals surface area contributed by atoms with Gasteiger partial charge in [-0.05, 0) is 30.3 Å². The number of nitrogens with zero attached hydrogens (tertiary/aromatic N) is 5. The van der Waals surface area contributed by atoms with Gasteiger partial charge in [-0.1, -0.05) is 0 Å². The van der Waals surface area contributed by atoms with Gasteiger partial charge in [0, 0.05) is 61.9 Å². The third-order valence-electron chi connectivity index (χ3n) is 5.74. The van der Waals surface area contributed by atoms with E-state index in [0.717, 1.165) is 79.2 Å². The van der Waals surface area contributed by atoms with Gasteiger partial charge >= 0.3 is 0 Å². The van der Waals surface area contributed by atoms with Crippen LogP contribution in [0, 0.1) is 0 Å². The smallest absolute Gasteiger partial charge is 0.141 e. The monoisotopic (exact) mass is 389 g/mol. The summed E-state index contributed by atoms with van der Waals surface area (Å²) >= 11 is 0. The van der Waals surface area contributed by atoms with Gasteiger partial charge in [0.25, 0.3) is 0 Å². The normalized spacial score (nSPS) is 19.4. The van der Waals surface area contributed by atoms with Gasteiger partial charge in [-0.25, -0.2) is 0 Å². The molecular formula is C22H23N5O2. The average molecular weight is 389 g/mol. The minimum absolute atomic E-state index is 0.265. The molecule has 29 heavy (non-hydrogen) atoms. The highest BCUT2D eigenvalue weighted by Gasteiger charge is 2.34. The molecule has 1 saturated heterocycles. The van der Waals surface area contributed by atoms with Crippen LogP contribution in [-0.2, 0) is 22.5 Å². The number of carbonyl (C=O) groups excluding carboxylic acids is 1. The van der Waals surface area contributed by atoms with Crippen molar-refractivity contribution in [2.75, 3.05) is 37.7 Å². The van der Waals surface area contributed by atoms with E-state index in [1.54, 1.807) is 6.20 Å². The molecule has 2 aliphatic heterocycles. The highest BCUT2D eigenvalue weighted by molar-refractivity contribution is 5.73. The standard InChI is InChI=1S/C22H23N5O2/c28-15-21-22-19(24-8-5-20(22)26-10-12-29-13-11-26)14-27(21)9-6-16-3-4-17-18(25-16)2-1-7-23-17/h1-5,7-8,15,21H,6,9-14H2. The molecule has 148 valence electrons. The van der Waals surface area contributed by atoms with Crippen LogP contribution in [0.3, 0.4) is 0 Å². The Labute approximate surface area is 169 Å².